The number of aliphatic hydroxyl groups is 1. The van der Waals surface area contributed by atoms with Gasteiger partial charge in [0.05, 0.1) is 6.61 Å². The summed E-state index contributed by atoms with van der Waals surface area (Å²) in [6.45, 7) is 4.20. The molecule has 3 heteroatoms. The van der Waals surface area contributed by atoms with E-state index in [0.29, 0.717) is 5.92 Å². The zero-order chi connectivity index (χ0) is 11.5. The molecular weight excluding hydrogens is 205 g/mol. The van der Waals surface area contributed by atoms with Gasteiger partial charge in [0.1, 0.15) is 5.82 Å². The van der Waals surface area contributed by atoms with Gasteiger partial charge in [-0.25, -0.2) is 4.39 Å². The van der Waals surface area contributed by atoms with Gasteiger partial charge in [-0.3, -0.25) is 4.90 Å². The Morgan fingerprint density at radius 2 is 2.06 bits per heavy atom. The summed E-state index contributed by atoms with van der Waals surface area (Å²) >= 11 is 0. The molecule has 1 aromatic carbocycles. The Bertz CT molecular complexity index is 338. The molecule has 1 heterocycles. The maximum absolute atomic E-state index is 12.8. The van der Waals surface area contributed by atoms with Crippen molar-refractivity contribution < 1.29 is 9.50 Å². The fraction of sp³-hybridized carbons (Fsp3) is 0.538. The fourth-order valence-electron chi connectivity index (χ4n) is 2.40. The van der Waals surface area contributed by atoms with E-state index in [0.717, 1.165) is 25.1 Å². The lowest BCUT2D eigenvalue weighted by atomic mass is 10.0. The predicted molar refractivity (Wildman–Crippen MR) is 61.5 cm³/mol. The van der Waals surface area contributed by atoms with Crippen LogP contribution in [0.2, 0.25) is 0 Å². The standard InChI is InChI=1S/C13H18FNO/c1-10-6-7-15(13(10)9-16)8-11-2-4-12(14)5-3-11/h2-5,10,13,16H,6-9H2,1H3. The monoisotopic (exact) mass is 223 g/mol. The average Bonchev–Trinajstić information content (AvgIpc) is 2.63. The van der Waals surface area contributed by atoms with Gasteiger partial charge in [0.25, 0.3) is 0 Å². The van der Waals surface area contributed by atoms with Gasteiger partial charge in [0, 0.05) is 12.6 Å². The first-order chi connectivity index (χ1) is 7.70. The normalized spacial score (nSPS) is 26.2. The van der Waals surface area contributed by atoms with E-state index in [2.05, 4.69) is 11.8 Å². The molecule has 2 atom stereocenters. The first-order valence-electron chi connectivity index (χ1n) is 5.80. The van der Waals surface area contributed by atoms with E-state index in [4.69, 9.17) is 0 Å². The average molecular weight is 223 g/mol. The molecule has 0 spiro atoms. The maximum atomic E-state index is 12.8. The molecule has 1 aliphatic rings. The van der Waals surface area contributed by atoms with Gasteiger partial charge in [-0.2, -0.15) is 0 Å². The topological polar surface area (TPSA) is 23.5 Å². The summed E-state index contributed by atoms with van der Waals surface area (Å²) in [5.41, 5.74) is 1.11. The van der Waals surface area contributed by atoms with Gasteiger partial charge >= 0.3 is 0 Å². The highest BCUT2D eigenvalue weighted by atomic mass is 19.1. The van der Waals surface area contributed by atoms with Crippen LogP contribution in [0.15, 0.2) is 24.3 Å². The summed E-state index contributed by atoms with van der Waals surface area (Å²) < 4.78 is 12.8. The molecule has 0 saturated carbocycles. The molecule has 16 heavy (non-hydrogen) atoms. The van der Waals surface area contributed by atoms with Crippen molar-refractivity contribution in [1.82, 2.24) is 4.90 Å². The third-order valence-electron chi connectivity index (χ3n) is 3.48. The summed E-state index contributed by atoms with van der Waals surface area (Å²) in [4.78, 5) is 2.28. The Labute approximate surface area is 95.7 Å². The van der Waals surface area contributed by atoms with Gasteiger partial charge in [-0.05, 0) is 36.6 Å². The molecule has 2 rings (SSSR count). The molecule has 2 nitrogen and oxygen atoms in total. The van der Waals surface area contributed by atoms with E-state index in [1.165, 1.54) is 12.1 Å². The molecule has 0 amide bonds. The molecule has 0 aliphatic carbocycles. The van der Waals surface area contributed by atoms with Crippen LogP contribution in [0, 0.1) is 11.7 Å². The van der Waals surface area contributed by atoms with Crippen molar-refractivity contribution in [3.05, 3.63) is 35.6 Å². The molecule has 0 aromatic heterocycles. The minimum Gasteiger partial charge on any atom is -0.395 e. The SMILES string of the molecule is CC1CCN(Cc2ccc(F)cc2)C1CO. The molecule has 2 unspecified atom stereocenters. The number of nitrogens with zero attached hydrogens (tertiary/aromatic N) is 1. The van der Waals surface area contributed by atoms with Crippen LogP contribution in [0.1, 0.15) is 18.9 Å². The quantitative estimate of drug-likeness (QED) is 0.847. The van der Waals surface area contributed by atoms with E-state index in [-0.39, 0.29) is 18.5 Å². The molecule has 0 bridgehead atoms. The Hall–Kier alpha value is -0.930. The summed E-state index contributed by atoms with van der Waals surface area (Å²) in [5, 5.41) is 9.33. The highest BCUT2D eigenvalue weighted by Crippen LogP contribution is 2.25. The van der Waals surface area contributed by atoms with Crippen LogP contribution in [0.5, 0.6) is 0 Å². The van der Waals surface area contributed by atoms with Crippen molar-refractivity contribution in [2.45, 2.75) is 25.9 Å². The summed E-state index contributed by atoms with van der Waals surface area (Å²) in [6, 6.07) is 6.86. The number of rotatable bonds is 3. The highest BCUT2D eigenvalue weighted by Gasteiger charge is 2.30. The molecule has 0 radical (unpaired) electrons. The van der Waals surface area contributed by atoms with Crippen LogP contribution < -0.4 is 0 Å². The van der Waals surface area contributed by atoms with Crippen LogP contribution in [-0.4, -0.2) is 29.2 Å². The molecule has 1 N–H and O–H groups in total. The summed E-state index contributed by atoms with van der Waals surface area (Å²) in [6.07, 6.45) is 1.13. The Balaban J connectivity index is 2.01. The van der Waals surface area contributed by atoms with Crippen molar-refractivity contribution in [3.63, 3.8) is 0 Å². The minimum absolute atomic E-state index is 0.197. The lowest BCUT2D eigenvalue weighted by molar-refractivity contribution is 0.134. The molecule has 1 fully saturated rings. The summed E-state index contributed by atoms with van der Waals surface area (Å²) in [7, 11) is 0. The highest BCUT2D eigenvalue weighted by molar-refractivity contribution is 5.16. The van der Waals surface area contributed by atoms with Crippen LogP contribution in [0.3, 0.4) is 0 Å². The van der Waals surface area contributed by atoms with E-state index in [9.17, 15) is 9.50 Å². The minimum atomic E-state index is -0.197. The third kappa shape index (κ3) is 2.42. The fourth-order valence-corrected chi connectivity index (χ4v) is 2.40. The zero-order valence-electron chi connectivity index (χ0n) is 9.56. The van der Waals surface area contributed by atoms with E-state index in [1.807, 2.05) is 12.1 Å². The number of hydrogen-bond donors (Lipinski definition) is 1. The smallest absolute Gasteiger partial charge is 0.123 e. The molecular formula is C13H18FNO. The van der Waals surface area contributed by atoms with Gasteiger partial charge in [-0.15, -0.1) is 0 Å². The van der Waals surface area contributed by atoms with Gasteiger partial charge < -0.3 is 5.11 Å². The van der Waals surface area contributed by atoms with E-state index >= 15 is 0 Å². The first-order valence-corrected chi connectivity index (χ1v) is 5.80. The molecule has 88 valence electrons. The van der Waals surface area contributed by atoms with Crippen molar-refractivity contribution in [2.24, 2.45) is 5.92 Å². The Morgan fingerprint density at radius 3 is 2.69 bits per heavy atom. The van der Waals surface area contributed by atoms with Crippen LogP contribution in [0.4, 0.5) is 4.39 Å². The van der Waals surface area contributed by atoms with Crippen LogP contribution in [-0.2, 0) is 6.54 Å². The second-order valence-corrected chi connectivity index (χ2v) is 4.61. The predicted octanol–water partition coefficient (Wildman–Crippen LogP) is 2.03. The lowest BCUT2D eigenvalue weighted by Crippen LogP contribution is -2.34. The molecule has 1 saturated heterocycles. The van der Waals surface area contributed by atoms with Crippen molar-refractivity contribution in [2.75, 3.05) is 13.2 Å². The number of likely N-dealkylation sites (tertiary alicyclic amines) is 1. The molecule has 1 aliphatic heterocycles. The number of hydrogen-bond acceptors (Lipinski definition) is 2. The maximum Gasteiger partial charge on any atom is 0.123 e. The lowest BCUT2D eigenvalue weighted by Gasteiger charge is -2.24. The summed E-state index contributed by atoms with van der Waals surface area (Å²) in [5.74, 6) is 0.350. The van der Waals surface area contributed by atoms with E-state index < -0.39 is 0 Å². The van der Waals surface area contributed by atoms with Crippen LogP contribution in [0.25, 0.3) is 0 Å². The molecule has 1 aromatic rings. The van der Waals surface area contributed by atoms with E-state index in [1.54, 1.807) is 0 Å². The Kier molecular flexibility index (Phi) is 3.56. The van der Waals surface area contributed by atoms with Gasteiger partial charge in [-0.1, -0.05) is 19.1 Å². The van der Waals surface area contributed by atoms with Crippen LogP contribution >= 0.6 is 0 Å². The number of halogens is 1. The van der Waals surface area contributed by atoms with Crippen molar-refractivity contribution >= 4 is 0 Å². The second-order valence-electron chi connectivity index (χ2n) is 4.61. The number of benzene rings is 1. The van der Waals surface area contributed by atoms with Gasteiger partial charge in [0.15, 0.2) is 0 Å². The number of aliphatic hydroxyl groups excluding tert-OH is 1. The second kappa shape index (κ2) is 4.93. The largest absolute Gasteiger partial charge is 0.395 e. The third-order valence-corrected chi connectivity index (χ3v) is 3.48. The first kappa shape index (κ1) is 11.6. The van der Waals surface area contributed by atoms with Crippen molar-refractivity contribution in [3.8, 4) is 0 Å². The zero-order valence-corrected chi connectivity index (χ0v) is 9.56. The van der Waals surface area contributed by atoms with Gasteiger partial charge in [0.2, 0.25) is 0 Å². The Morgan fingerprint density at radius 1 is 1.38 bits per heavy atom. The van der Waals surface area contributed by atoms with Crippen molar-refractivity contribution in [1.29, 1.82) is 0 Å².